The summed E-state index contributed by atoms with van der Waals surface area (Å²) in [4.78, 5) is 16.3. The molecule has 1 amide bonds. The van der Waals surface area contributed by atoms with Gasteiger partial charge in [0.15, 0.2) is 0 Å². The van der Waals surface area contributed by atoms with Crippen LogP contribution in [0.3, 0.4) is 0 Å². The van der Waals surface area contributed by atoms with E-state index in [2.05, 4.69) is 10.2 Å². The SMILES string of the molecule is CC(C)(C)OC(=O)N1CC[C@@H](N2CCNCC2)C1. The van der Waals surface area contributed by atoms with Crippen LogP contribution in [0.15, 0.2) is 0 Å². The molecule has 2 fully saturated rings. The van der Waals surface area contributed by atoms with Crippen LogP contribution >= 0.6 is 0 Å². The Morgan fingerprint density at radius 1 is 1.22 bits per heavy atom. The Balaban J connectivity index is 1.82. The van der Waals surface area contributed by atoms with E-state index in [4.69, 9.17) is 4.74 Å². The van der Waals surface area contributed by atoms with Gasteiger partial charge in [-0.05, 0) is 27.2 Å². The second-order valence-corrected chi connectivity index (χ2v) is 6.15. The van der Waals surface area contributed by atoms with Gasteiger partial charge in [-0.1, -0.05) is 0 Å². The van der Waals surface area contributed by atoms with Gasteiger partial charge in [-0.15, -0.1) is 0 Å². The highest BCUT2D eigenvalue weighted by molar-refractivity contribution is 5.68. The molecule has 18 heavy (non-hydrogen) atoms. The molecule has 0 bridgehead atoms. The number of rotatable bonds is 1. The fourth-order valence-electron chi connectivity index (χ4n) is 2.58. The summed E-state index contributed by atoms with van der Waals surface area (Å²) in [5, 5.41) is 3.36. The average molecular weight is 255 g/mol. The second-order valence-electron chi connectivity index (χ2n) is 6.15. The first-order chi connectivity index (χ1) is 8.46. The van der Waals surface area contributed by atoms with Crippen LogP contribution in [0.4, 0.5) is 4.79 Å². The number of hydrogen-bond acceptors (Lipinski definition) is 4. The molecule has 104 valence electrons. The van der Waals surface area contributed by atoms with E-state index in [1.165, 1.54) is 0 Å². The van der Waals surface area contributed by atoms with E-state index in [0.29, 0.717) is 6.04 Å². The number of nitrogens with zero attached hydrogens (tertiary/aromatic N) is 2. The topological polar surface area (TPSA) is 44.8 Å². The van der Waals surface area contributed by atoms with Gasteiger partial charge in [-0.2, -0.15) is 0 Å². The molecule has 1 N–H and O–H groups in total. The summed E-state index contributed by atoms with van der Waals surface area (Å²) in [6, 6.07) is 0.514. The van der Waals surface area contributed by atoms with Crippen LogP contribution in [0.2, 0.25) is 0 Å². The number of likely N-dealkylation sites (tertiary alicyclic amines) is 1. The normalized spacial score (nSPS) is 26.4. The van der Waals surface area contributed by atoms with E-state index in [0.717, 1.165) is 45.7 Å². The van der Waals surface area contributed by atoms with Gasteiger partial charge in [0, 0.05) is 45.3 Å². The zero-order chi connectivity index (χ0) is 13.2. The fraction of sp³-hybridized carbons (Fsp3) is 0.923. The lowest BCUT2D eigenvalue weighted by molar-refractivity contribution is 0.0278. The van der Waals surface area contributed by atoms with Crippen LogP contribution < -0.4 is 5.32 Å². The minimum absolute atomic E-state index is 0.167. The molecule has 2 heterocycles. The van der Waals surface area contributed by atoms with Gasteiger partial charge in [0.2, 0.25) is 0 Å². The third-order valence-corrected chi connectivity index (χ3v) is 3.48. The summed E-state index contributed by atoms with van der Waals surface area (Å²) >= 11 is 0. The van der Waals surface area contributed by atoms with E-state index < -0.39 is 5.60 Å². The Kier molecular flexibility index (Phi) is 4.12. The Bertz CT molecular complexity index is 295. The maximum absolute atomic E-state index is 12.0. The third-order valence-electron chi connectivity index (χ3n) is 3.48. The van der Waals surface area contributed by atoms with Gasteiger partial charge in [0.25, 0.3) is 0 Å². The van der Waals surface area contributed by atoms with Gasteiger partial charge in [-0.25, -0.2) is 4.79 Å². The molecule has 5 nitrogen and oxygen atoms in total. The molecule has 0 aromatic heterocycles. The molecule has 0 aromatic rings. The summed E-state index contributed by atoms with van der Waals surface area (Å²) in [5.74, 6) is 0. The summed E-state index contributed by atoms with van der Waals surface area (Å²) in [6.45, 7) is 11.7. The lowest BCUT2D eigenvalue weighted by Crippen LogP contribution is -2.49. The van der Waals surface area contributed by atoms with Crippen molar-refractivity contribution in [1.29, 1.82) is 0 Å². The molecule has 0 radical (unpaired) electrons. The van der Waals surface area contributed by atoms with E-state index in [9.17, 15) is 4.79 Å². The van der Waals surface area contributed by atoms with Gasteiger partial charge in [0.1, 0.15) is 5.60 Å². The number of nitrogens with one attached hydrogen (secondary N) is 1. The quantitative estimate of drug-likeness (QED) is 0.756. The summed E-state index contributed by atoms with van der Waals surface area (Å²) in [7, 11) is 0. The summed E-state index contributed by atoms with van der Waals surface area (Å²) in [6.07, 6.45) is 0.902. The van der Waals surface area contributed by atoms with Gasteiger partial charge in [-0.3, -0.25) is 4.90 Å². The maximum atomic E-state index is 12.0. The highest BCUT2D eigenvalue weighted by Crippen LogP contribution is 2.19. The standard InChI is InChI=1S/C13H25N3O2/c1-13(2,3)18-12(17)16-7-4-11(10-16)15-8-5-14-6-9-15/h11,14H,4-10H2,1-3H3/t11-/m1/s1. The Hall–Kier alpha value is -0.810. The van der Waals surface area contributed by atoms with E-state index in [-0.39, 0.29) is 6.09 Å². The first-order valence-electron chi connectivity index (χ1n) is 6.88. The molecular weight excluding hydrogens is 230 g/mol. The summed E-state index contributed by atoms with van der Waals surface area (Å²) in [5.41, 5.74) is -0.399. The van der Waals surface area contributed by atoms with Crippen molar-refractivity contribution in [3.8, 4) is 0 Å². The lowest BCUT2D eigenvalue weighted by Gasteiger charge is -2.32. The average Bonchev–Trinajstić information content (AvgIpc) is 2.77. The largest absolute Gasteiger partial charge is 0.444 e. The van der Waals surface area contributed by atoms with Crippen LogP contribution in [-0.2, 0) is 4.74 Å². The first-order valence-corrected chi connectivity index (χ1v) is 6.88. The molecule has 2 aliphatic heterocycles. The fourth-order valence-corrected chi connectivity index (χ4v) is 2.58. The zero-order valence-corrected chi connectivity index (χ0v) is 11.7. The molecular formula is C13H25N3O2. The molecule has 2 saturated heterocycles. The van der Waals surface area contributed by atoms with Crippen molar-refractivity contribution in [2.75, 3.05) is 39.3 Å². The molecule has 0 aromatic carbocycles. The number of hydrogen-bond donors (Lipinski definition) is 1. The minimum atomic E-state index is -0.399. The van der Waals surface area contributed by atoms with Crippen molar-refractivity contribution < 1.29 is 9.53 Å². The monoisotopic (exact) mass is 255 g/mol. The summed E-state index contributed by atoms with van der Waals surface area (Å²) < 4.78 is 5.41. The smallest absolute Gasteiger partial charge is 0.410 e. The van der Waals surface area contributed by atoms with Crippen LogP contribution in [0.5, 0.6) is 0 Å². The molecule has 2 aliphatic rings. The molecule has 0 saturated carbocycles. The van der Waals surface area contributed by atoms with Gasteiger partial charge < -0.3 is 15.0 Å². The van der Waals surface area contributed by atoms with Gasteiger partial charge >= 0.3 is 6.09 Å². The van der Waals surface area contributed by atoms with E-state index in [1.807, 2.05) is 25.7 Å². The molecule has 5 heteroatoms. The Morgan fingerprint density at radius 3 is 2.50 bits per heavy atom. The first kappa shape index (κ1) is 13.6. The van der Waals surface area contributed by atoms with Crippen molar-refractivity contribution in [2.45, 2.75) is 38.8 Å². The van der Waals surface area contributed by atoms with Crippen LogP contribution in [0, 0.1) is 0 Å². The lowest BCUT2D eigenvalue weighted by atomic mass is 10.2. The van der Waals surface area contributed by atoms with Gasteiger partial charge in [0.05, 0.1) is 0 Å². The highest BCUT2D eigenvalue weighted by Gasteiger charge is 2.32. The van der Waals surface area contributed by atoms with Crippen LogP contribution in [0.25, 0.3) is 0 Å². The van der Waals surface area contributed by atoms with Crippen LogP contribution in [0.1, 0.15) is 27.2 Å². The Labute approximate surface area is 109 Å². The maximum Gasteiger partial charge on any atom is 0.410 e. The van der Waals surface area contributed by atoms with E-state index in [1.54, 1.807) is 0 Å². The minimum Gasteiger partial charge on any atom is -0.444 e. The van der Waals surface area contributed by atoms with Crippen molar-refractivity contribution in [3.05, 3.63) is 0 Å². The predicted molar refractivity (Wildman–Crippen MR) is 70.7 cm³/mol. The number of piperazine rings is 1. The van der Waals surface area contributed by atoms with Crippen molar-refractivity contribution in [2.24, 2.45) is 0 Å². The number of carbonyl (C=O) groups excluding carboxylic acids is 1. The third kappa shape index (κ3) is 3.59. The second kappa shape index (κ2) is 5.45. The number of ether oxygens (including phenoxy) is 1. The molecule has 0 aliphatic carbocycles. The van der Waals surface area contributed by atoms with Crippen molar-refractivity contribution >= 4 is 6.09 Å². The van der Waals surface area contributed by atoms with E-state index >= 15 is 0 Å². The Morgan fingerprint density at radius 2 is 1.89 bits per heavy atom. The molecule has 0 unspecified atom stereocenters. The van der Waals surface area contributed by atoms with Crippen LogP contribution in [-0.4, -0.2) is 66.8 Å². The number of carbonyl (C=O) groups is 1. The molecule has 2 rings (SSSR count). The van der Waals surface area contributed by atoms with Crippen molar-refractivity contribution in [1.82, 2.24) is 15.1 Å². The zero-order valence-electron chi connectivity index (χ0n) is 11.7. The van der Waals surface area contributed by atoms with Crippen molar-refractivity contribution in [3.63, 3.8) is 0 Å². The predicted octanol–water partition coefficient (Wildman–Crippen LogP) is 0.901. The molecule has 0 spiro atoms. The number of amides is 1. The molecule has 1 atom stereocenters. The highest BCUT2D eigenvalue weighted by atomic mass is 16.6.